The number of hydrogen-bond donors (Lipinski definition) is 3. The number of fused-ring (bicyclic) bond motifs is 2. The molecule has 2 fully saturated rings. The van der Waals surface area contributed by atoms with Crippen molar-refractivity contribution in [3.8, 4) is 0 Å². The number of aliphatic hydroxyl groups excluding tert-OH is 1. The van der Waals surface area contributed by atoms with Crippen molar-refractivity contribution in [2.24, 2.45) is 11.7 Å². The van der Waals surface area contributed by atoms with Gasteiger partial charge < -0.3 is 20.9 Å². The fourth-order valence-electron chi connectivity index (χ4n) is 6.79. The molecule has 5 atom stereocenters. The minimum absolute atomic E-state index is 0.0523. The fourth-order valence-corrected chi connectivity index (χ4v) is 7.14. The number of anilines is 1. The molecule has 2 heterocycles. The zero-order chi connectivity index (χ0) is 29.8. The molecule has 3 aliphatic rings. The van der Waals surface area contributed by atoms with Crippen LogP contribution in [0.25, 0.3) is 0 Å². The maximum absolute atomic E-state index is 15.8. The lowest BCUT2D eigenvalue weighted by molar-refractivity contribution is -0.128. The summed E-state index contributed by atoms with van der Waals surface area (Å²) in [5.74, 6) is -1.82. The van der Waals surface area contributed by atoms with Crippen molar-refractivity contribution in [3.05, 3.63) is 98.8 Å². The molecule has 1 spiro atoms. The molecule has 0 bridgehead atoms. The number of benzene rings is 3. The van der Waals surface area contributed by atoms with E-state index < -0.39 is 41.4 Å². The maximum atomic E-state index is 15.8. The molecule has 2 aliphatic heterocycles. The van der Waals surface area contributed by atoms with Crippen molar-refractivity contribution < 1.29 is 23.8 Å². The third-order valence-electron chi connectivity index (χ3n) is 8.86. The average molecular weight is 613 g/mol. The molecule has 42 heavy (non-hydrogen) atoms. The number of carbonyl (C=O) groups is 2. The lowest BCUT2D eigenvalue weighted by Gasteiger charge is -2.40. The van der Waals surface area contributed by atoms with Crippen LogP contribution in [0.2, 0.25) is 10.0 Å². The molecule has 220 valence electrons. The number of nitrogens with one attached hydrogen (secondary N) is 1. The Balaban J connectivity index is 1.45. The van der Waals surface area contributed by atoms with Gasteiger partial charge in [0.2, 0.25) is 5.91 Å². The Morgan fingerprint density at radius 2 is 1.93 bits per heavy atom. The summed E-state index contributed by atoms with van der Waals surface area (Å²) in [7, 11) is 0. The number of halogens is 3. The van der Waals surface area contributed by atoms with Crippen molar-refractivity contribution in [1.82, 2.24) is 4.90 Å². The van der Waals surface area contributed by atoms with Crippen LogP contribution >= 0.6 is 23.2 Å². The molecule has 0 unspecified atom stereocenters. The van der Waals surface area contributed by atoms with E-state index in [0.29, 0.717) is 39.9 Å². The number of ether oxygens (including phenoxy) is 1. The fraction of sp³-hybridized carbons (Fsp3) is 0.375. The predicted octanol–water partition coefficient (Wildman–Crippen LogP) is 5.79. The molecule has 1 saturated carbocycles. The van der Waals surface area contributed by atoms with Gasteiger partial charge in [-0.15, -0.1) is 0 Å². The summed E-state index contributed by atoms with van der Waals surface area (Å²) in [6.07, 6.45) is 1.24. The Kier molecular flexibility index (Phi) is 7.79. The van der Waals surface area contributed by atoms with Crippen molar-refractivity contribution in [1.29, 1.82) is 0 Å². The van der Waals surface area contributed by atoms with E-state index in [1.54, 1.807) is 55.5 Å². The number of carbonyl (C=O) groups excluding carboxylic acids is 2. The number of likely N-dealkylation sites (tertiary alicyclic amines) is 1. The molecule has 3 aromatic carbocycles. The molecular formula is C32H32Cl2FN3O4. The number of aliphatic hydroxyl groups is 1. The van der Waals surface area contributed by atoms with Crippen LogP contribution in [0.5, 0.6) is 0 Å². The highest BCUT2D eigenvalue weighted by Gasteiger charge is 2.66. The van der Waals surface area contributed by atoms with Crippen LogP contribution in [0.3, 0.4) is 0 Å². The molecule has 4 N–H and O–H groups in total. The van der Waals surface area contributed by atoms with Gasteiger partial charge in [0.15, 0.2) is 0 Å². The van der Waals surface area contributed by atoms with Crippen LogP contribution in [-0.4, -0.2) is 47.1 Å². The van der Waals surface area contributed by atoms with Gasteiger partial charge >= 0.3 is 5.97 Å². The van der Waals surface area contributed by atoms with Gasteiger partial charge in [-0.2, -0.15) is 0 Å². The van der Waals surface area contributed by atoms with Crippen LogP contribution < -0.4 is 11.1 Å². The quantitative estimate of drug-likeness (QED) is 0.279. The number of hydrogen-bond acceptors (Lipinski definition) is 6. The van der Waals surface area contributed by atoms with Gasteiger partial charge in [0.05, 0.1) is 23.3 Å². The molecule has 0 aromatic heterocycles. The van der Waals surface area contributed by atoms with Crippen molar-refractivity contribution >= 4 is 40.8 Å². The van der Waals surface area contributed by atoms with E-state index in [-0.39, 0.29) is 29.5 Å². The average Bonchev–Trinajstić information content (AvgIpc) is 3.71. The van der Waals surface area contributed by atoms with Gasteiger partial charge in [0.1, 0.15) is 11.4 Å². The van der Waals surface area contributed by atoms with E-state index in [2.05, 4.69) is 10.2 Å². The summed E-state index contributed by atoms with van der Waals surface area (Å²) >= 11 is 12.6. The first-order chi connectivity index (χ1) is 20.2. The second-order valence-electron chi connectivity index (χ2n) is 11.4. The van der Waals surface area contributed by atoms with Gasteiger partial charge in [-0.05, 0) is 73.6 Å². The number of nitrogens with two attached hydrogens (primary N) is 1. The van der Waals surface area contributed by atoms with Crippen molar-refractivity contribution in [2.75, 3.05) is 18.5 Å². The topological polar surface area (TPSA) is 105 Å². The van der Waals surface area contributed by atoms with E-state index >= 15 is 4.39 Å². The lowest BCUT2D eigenvalue weighted by Crippen LogP contribution is -2.53. The molecule has 10 heteroatoms. The summed E-state index contributed by atoms with van der Waals surface area (Å²) in [5, 5.41) is 14.9. The van der Waals surface area contributed by atoms with Crippen LogP contribution in [0.4, 0.5) is 10.1 Å². The Morgan fingerprint density at radius 3 is 2.62 bits per heavy atom. The van der Waals surface area contributed by atoms with Gasteiger partial charge in [-0.25, -0.2) is 9.18 Å². The second-order valence-corrected chi connectivity index (χ2v) is 12.2. The molecule has 1 amide bonds. The van der Waals surface area contributed by atoms with E-state index in [4.69, 9.17) is 33.7 Å². The summed E-state index contributed by atoms with van der Waals surface area (Å²) in [4.78, 5) is 28.5. The van der Waals surface area contributed by atoms with E-state index in [9.17, 15) is 14.7 Å². The first-order valence-electron chi connectivity index (χ1n) is 14.2. The lowest BCUT2D eigenvalue weighted by atomic mass is 9.73. The van der Waals surface area contributed by atoms with Crippen LogP contribution in [0.15, 0.2) is 60.7 Å². The highest BCUT2D eigenvalue weighted by Crippen LogP contribution is 2.59. The first-order valence-corrected chi connectivity index (χ1v) is 14.9. The Bertz CT molecular complexity index is 1530. The summed E-state index contributed by atoms with van der Waals surface area (Å²) in [5.41, 5.74) is 8.18. The summed E-state index contributed by atoms with van der Waals surface area (Å²) in [6, 6.07) is 15.4. The Labute approximate surface area is 253 Å². The number of esters is 1. The van der Waals surface area contributed by atoms with Crippen molar-refractivity contribution in [3.63, 3.8) is 0 Å². The SMILES string of the molecule is CCOC(=O)c1ccc([C@H](O)C[C@H]2[C@@H](N)[C@H](c3cccc(Cl)c3F)[C@]3(C(=O)Nc4cc(Cl)ccc43)N2CC2CC2)cc1. The van der Waals surface area contributed by atoms with E-state index in [1.807, 2.05) is 6.07 Å². The monoisotopic (exact) mass is 611 g/mol. The second kappa shape index (κ2) is 11.2. The van der Waals surface area contributed by atoms with Gasteiger partial charge in [0.25, 0.3) is 0 Å². The van der Waals surface area contributed by atoms with Crippen molar-refractivity contribution in [2.45, 2.75) is 55.8 Å². The predicted molar refractivity (Wildman–Crippen MR) is 159 cm³/mol. The summed E-state index contributed by atoms with van der Waals surface area (Å²) in [6.45, 7) is 2.56. The minimum atomic E-state index is -1.34. The zero-order valence-corrected chi connectivity index (χ0v) is 24.5. The van der Waals surface area contributed by atoms with E-state index in [1.165, 1.54) is 6.07 Å². The maximum Gasteiger partial charge on any atom is 0.338 e. The summed E-state index contributed by atoms with van der Waals surface area (Å²) < 4.78 is 20.9. The third kappa shape index (κ3) is 4.79. The van der Waals surface area contributed by atoms with Gasteiger partial charge in [-0.1, -0.05) is 53.5 Å². The number of rotatable bonds is 8. The molecule has 3 aromatic rings. The zero-order valence-electron chi connectivity index (χ0n) is 23.0. The minimum Gasteiger partial charge on any atom is -0.462 e. The highest BCUT2D eigenvalue weighted by molar-refractivity contribution is 6.31. The van der Waals surface area contributed by atoms with Gasteiger partial charge in [0, 0.05) is 40.8 Å². The molecule has 7 nitrogen and oxygen atoms in total. The molecule has 0 radical (unpaired) electrons. The number of amides is 1. The highest BCUT2D eigenvalue weighted by atomic mass is 35.5. The van der Waals surface area contributed by atoms with Crippen LogP contribution in [-0.2, 0) is 15.1 Å². The smallest absolute Gasteiger partial charge is 0.338 e. The first kappa shape index (κ1) is 29.1. The molecule has 6 rings (SSSR count). The Hall–Kier alpha value is -3.01. The normalized spacial score (nSPS) is 25.9. The molecule has 1 saturated heterocycles. The largest absolute Gasteiger partial charge is 0.462 e. The van der Waals surface area contributed by atoms with Crippen LogP contribution in [0.1, 0.15) is 65.3 Å². The Morgan fingerprint density at radius 1 is 1.19 bits per heavy atom. The van der Waals surface area contributed by atoms with E-state index in [0.717, 1.165) is 12.8 Å². The third-order valence-corrected chi connectivity index (χ3v) is 9.39. The number of nitrogens with zero attached hydrogens (tertiary/aromatic N) is 1. The molecule has 1 aliphatic carbocycles. The van der Waals surface area contributed by atoms with Crippen LogP contribution in [0, 0.1) is 11.7 Å². The standard InChI is InChI=1S/C32H32Cl2FN3O4/c1-2-42-30(40)19-10-8-18(9-11-19)26(39)15-25-29(36)27(21-4-3-5-23(34)28(21)35)32(38(25)16-17-6-7-17)22-13-12-20(33)14-24(22)37-31(32)41/h3-5,8-14,17,25-27,29,39H,2,6-7,15-16,36H2,1H3,(H,37,41)/t25-,26+,27-,29+,32+/m0/s1. The van der Waals surface area contributed by atoms with Gasteiger partial charge in [-0.3, -0.25) is 9.69 Å². The molecular weight excluding hydrogens is 580 g/mol.